The quantitative estimate of drug-likeness (QED) is 0.456. The van der Waals surface area contributed by atoms with Crippen LogP contribution in [0.15, 0.2) is 48.9 Å². The van der Waals surface area contributed by atoms with E-state index in [0.717, 1.165) is 5.69 Å². The Bertz CT molecular complexity index is 1460. The highest BCUT2D eigenvalue weighted by atomic mass is 19.3. The van der Waals surface area contributed by atoms with Gasteiger partial charge in [-0.25, -0.2) is 18.2 Å². The predicted molar refractivity (Wildman–Crippen MR) is 120 cm³/mol. The van der Waals surface area contributed by atoms with Gasteiger partial charge in [-0.15, -0.1) is 0 Å². The summed E-state index contributed by atoms with van der Waals surface area (Å²) >= 11 is 0. The van der Waals surface area contributed by atoms with E-state index in [4.69, 9.17) is 0 Å². The fourth-order valence-electron chi connectivity index (χ4n) is 4.97. The minimum Gasteiger partial charge on any atom is -0.365 e. The Hall–Kier alpha value is -3.82. The number of aryl methyl sites for hydroxylation is 1. The van der Waals surface area contributed by atoms with Crippen molar-refractivity contribution in [1.29, 1.82) is 0 Å². The summed E-state index contributed by atoms with van der Waals surface area (Å²) in [5, 5.41) is 4.39. The molecule has 2 aliphatic rings. The highest BCUT2D eigenvalue weighted by molar-refractivity contribution is 6.10. The Kier molecular flexibility index (Phi) is 4.33. The van der Waals surface area contributed by atoms with Gasteiger partial charge in [-0.2, -0.15) is 5.10 Å². The van der Waals surface area contributed by atoms with Crippen LogP contribution in [0.1, 0.15) is 39.8 Å². The lowest BCUT2D eigenvalue weighted by Crippen LogP contribution is -2.30. The second kappa shape index (κ2) is 7.09. The number of rotatable bonds is 3. The normalized spacial score (nSPS) is 19.4. The third-order valence-electron chi connectivity index (χ3n) is 6.81. The van der Waals surface area contributed by atoms with Crippen LogP contribution in [0.2, 0.25) is 0 Å². The van der Waals surface area contributed by atoms with Crippen LogP contribution in [0.3, 0.4) is 0 Å². The molecular formula is C24H21F3N6O. The molecule has 34 heavy (non-hydrogen) atoms. The van der Waals surface area contributed by atoms with Crippen molar-refractivity contribution in [3.8, 4) is 0 Å². The van der Waals surface area contributed by atoms with Crippen LogP contribution in [-0.2, 0) is 7.05 Å². The average Bonchev–Trinajstić information content (AvgIpc) is 3.54. The van der Waals surface area contributed by atoms with E-state index in [1.165, 1.54) is 15.9 Å². The zero-order valence-electron chi connectivity index (χ0n) is 18.5. The highest BCUT2D eigenvalue weighted by Crippen LogP contribution is 2.44. The largest absolute Gasteiger partial charge is 0.365 e. The van der Waals surface area contributed by atoms with E-state index in [9.17, 15) is 13.6 Å². The molecule has 0 bridgehead atoms. The van der Waals surface area contributed by atoms with E-state index in [0.29, 0.717) is 22.6 Å². The maximum atomic E-state index is 15.6. The zero-order valence-corrected chi connectivity index (χ0v) is 18.5. The number of imidazole rings is 1. The summed E-state index contributed by atoms with van der Waals surface area (Å²) in [6, 6.07) is 7.30. The first-order valence-corrected chi connectivity index (χ1v) is 11.0. The van der Waals surface area contributed by atoms with Gasteiger partial charge in [0, 0.05) is 67.2 Å². The summed E-state index contributed by atoms with van der Waals surface area (Å²) in [7, 11) is 1.74. The molecule has 1 amide bonds. The molecule has 0 aliphatic carbocycles. The van der Waals surface area contributed by atoms with Crippen molar-refractivity contribution < 1.29 is 18.0 Å². The molecule has 0 radical (unpaired) electrons. The van der Waals surface area contributed by atoms with E-state index in [1.54, 1.807) is 54.6 Å². The Labute approximate surface area is 193 Å². The molecule has 1 atom stereocenters. The average molecular weight is 466 g/mol. The van der Waals surface area contributed by atoms with Crippen molar-refractivity contribution in [2.75, 3.05) is 22.9 Å². The Morgan fingerprint density at radius 1 is 1.12 bits per heavy atom. The van der Waals surface area contributed by atoms with Crippen LogP contribution >= 0.6 is 0 Å². The lowest BCUT2D eigenvalue weighted by Gasteiger charge is -2.28. The van der Waals surface area contributed by atoms with E-state index < -0.39 is 24.3 Å². The third-order valence-corrected chi connectivity index (χ3v) is 6.81. The molecule has 0 N–H and O–H groups in total. The van der Waals surface area contributed by atoms with E-state index in [-0.39, 0.29) is 30.1 Å². The van der Waals surface area contributed by atoms with Gasteiger partial charge in [0.2, 0.25) is 0 Å². The summed E-state index contributed by atoms with van der Waals surface area (Å²) in [5.74, 6) is -3.67. The number of carbonyl (C=O) groups is 1. The topological polar surface area (TPSA) is 58.7 Å². The van der Waals surface area contributed by atoms with Crippen LogP contribution < -0.4 is 9.80 Å². The van der Waals surface area contributed by atoms with Crippen molar-refractivity contribution in [2.45, 2.75) is 25.3 Å². The zero-order chi connectivity index (χ0) is 23.8. The summed E-state index contributed by atoms with van der Waals surface area (Å²) in [4.78, 5) is 20.8. The van der Waals surface area contributed by atoms with Gasteiger partial charge in [0.15, 0.2) is 5.69 Å². The van der Waals surface area contributed by atoms with Crippen LogP contribution in [-0.4, -0.2) is 44.1 Å². The van der Waals surface area contributed by atoms with Crippen molar-refractivity contribution in [2.24, 2.45) is 7.05 Å². The SMILES string of the molecule is Cc1c2c(nn1C)C(=O)N(c1ccn3ccnc3c1)C2c1ccc(N2CCC(F)(F)C2)cc1F. The number of aromatic nitrogens is 4. The van der Waals surface area contributed by atoms with E-state index in [2.05, 4.69) is 10.1 Å². The summed E-state index contributed by atoms with van der Waals surface area (Å²) < 4.78 is 46.4. The number of anilines is 2. The van der Waals surface area contributed by atoms with Gasteiger partial charge in [-0.05, 0) is 25.1 Å². The fourth-order valence-corrected chi connectivity index (χ4v) is 4.97. The van der Waals surface area contributed by atoms with Crippen LogP contribution in [0.5, 0.6) is 0 Å². The Morgan fingerprint density at radius 3 is 2.68 bits per heavy atom. The first-order chi connectivity index (χ1) is 16.2. The smallest absolute Gasteiger partial charge is 0.280 e. The summed E-state index contributed by atoms with van der Waals surface area (Å²) in [5.41, 5.74) is 3.55. The van der Waals surface area contributed by atoms with Gasteiger partial charge >= 0.3 is 0 Å². The minimum atomic E-state index is -2.78. The van der Waals surface area contributed by atoms with Crippen LogP contribution in [0.25, 0.3) is 5.65 Å². The molecule has 0 spiro atoms. The van der Waals surface area contributed by atoms with Gasteiger partial charge in [-0.3, -0.25) is 14.4 Å². The van der Waals surface area contributed by atoms with E-state index >= 15 is 4.39 Å². The summed E-state index contributed by atoms with van der Waals surface area (Å²) in [6.07, 6.45) is 4.99. The standard InChI is InChI=1S/C24H21F3N6O/c1-14-20-21(29-30(14)2)23(34)33(16-5-8-31-10-7-28-19(31)12-16)22(20)17-4-3-15(11-18(17)25)32-9-6-24(26,27)13-32/h3-5,7-8,10-12,22H,6,9,13H2,1-2H3. The second-order valence-corrected chi connectivity index (χ2v) is 8.86. The number of hydrogen-bond acceptors (Lipinski definition) is 4. The molecule has 1 unspecified atom stereocenters. The molecule has 7 nitrogen and oxygen atoms in total. The predicted octanol–water partition coefficient (Wildman–Crippen LogP) is 4.11. The van der Waals surface area contributed by atoms with Crippen molar-refractivity contribution in [3.05, 3.63) is 77.3 Å². The van der Waals surface area contributed by atoms with Gasteiger partial charge in [0.05, 0.1) is 18.3 Å². The number of hydrogen-bond donors (Lipinski definition) is 0. The molecule has 6 rings (SSSR count). The number of nitrogens with zero attached hydrogens (tertiary/aromatic N) is 6. The Balaban J connectivity index is 1.47. The van der Waals surface area contributed by atoms with Gasteiger partial charge in [0.1, 0.15) is 11.5 Å². The molecule has 1 fully saturated rings. The van der Waals surface area contributed by atoms with Crippen LogP contribution in [0, 0.1) is 12.7 Å². The number of pyridine rings is 1. The molecule has 3 aromatic heterocycles. The minimum absolute atomic E-state index is 0.163. The molecule has 0 saturated carbocycles. The maximum Gasteiger partial charge on any atom is 0.280 e. The highest BCUT2D eigenvalue weighted by Gasteiger charge is 2.44. The Morgan fingerprint density at radius 2 is 1.94 bits per heavy atom. The molecule has 5 heterocycles. The molecule has 10 heteroatoms. The number of fused-ring (bicyclic) bond motifs is 2. The second-order valence-electron chi connectivity index (χ2n) is 8.86. The van der Waals surface area contributed by atoms with Crippen molar-refractivity contribution in [1.82, 2.24) is 19.2 Å². The number of halogens is 3. The monoisotopic (exact) mass is 466 g/mol. The number of carbonyl (C=O) groups excluding carboxylic acids is 1. The molecule has 1 aromatic carbocycles. The van der Waals surface area contributed by atoms with Crippen molar-refractivity contribution in [3.63, 3.8) is 0 Å². The number of alkyl halides is 2. The van der Waals surface area contributed by atoms with Crippen LogP contribution in [0.4, 0.5) is 24.5 Å². The van der Waals surface area contributed by atoms with E-state index in [1.807, 2.05) is 11.3 Å². The van der Waals surface area contributed by atoms with Gasteiger partial charge in [-0.1, -0.05) is 6.07 Å². The third kappa shape index (κ3) is 3.01. The lowest BCUT2D eigenvalue weighted by molar-refractivity contribution is 0.0257. The fraction of sp³-hybridized carbons (Fsp3) is 0.292. The number of benzene rings is 1. The van der Waals surface area contributed by atoms with Gasteiger partial charge < -0.3 is 9.30 Å². The first-order valence-electron chi connectivity index (χ1n) is 11.0. The maximum absolute atomic E-state index is 15.6. The molecule has 4 aromatic rings. The van der Waals surface area contributed by atoms with Gasteiger partial charge in [0.25, 0.3) is 11.8 Å². The molecule has 1 saturated heterocycles. The molecule has 2 aliphatic heterocycles. The molecular weight excluding hydrogens is 445 g/mol. The lowest BCUT2D eigenvalue weighted by atomic mass is 9.97. The van der Waals surface area contributed by atoms with Crippen molar-refractivity contribution >= 4 is 22.9 Å². The number of amides is 1. The summed E-state index contributed by atoms with van der Waals surface area (Å²) in [6.45, 7) is 1.57. The first kappa shape index (κ1) is 20.8. The molecule has 174 valence electrons.